The zero-order chi connectivity index (χ0) is 21.3. The summed E-state index contributed by atoms with van der Waals surface area (Å²) in [6, 6.07) is 20.7. The van der Waals surface area contributed by atoms with Crippen molar-refractivity contribution in [2.24, 2.45) is 0 Å². The minimum atomic E-state index is -3.45. The van der Waals surface area contributed by atoms with Crippen molar-refractivity contribution in [3.05, 3.63) is 78.4 Å². The Balaban J connectivity index is 1.53. The Kier molecular flexibility index (Phi) is 5.13. The van der Waals surface area contributed by atoms with Crippen LogP contribution in [0.1, 0.15) is 24.2 Å². The topological polar surface area (TPSA) is 89.3 Å². The number of amides is 1. The minimum Gasteiger partial charge on any atom is -0.436 e. The molecule has 152 valence electrons. The smallest absolute Gasteiger partial charge is 0.255 e. The number of nitrogens with one attached hydrogen (secondary N) is 1. The quantitative estimate of drug-likeness (QED) is 0.494. The number of nitrogens with zero attached hydrogens (tertiary/aromatic N) is 1. The molecule has 0 aliphatic carbocycles. The third-order valence-electron chi connectivity index (χ3n) is 4.73. The first-order chi connectivity index (χ1) is 14.3. The molecule has 4 rings (SSSR count). The van der Waals surface area contributed by atoms with Crippen molar-refractivity contribution in [1.82, 2.24) is 4.98 Å². The van der Waals surface area contributed by atoms with Crippen LogP contribution in [0, 0.1) is 0 Å². The van der Waals surface area contributed by atoms with Crippen LogP contribution in [0.3, 0.4) is 0 Å². The van der Waals surface area contributed by atoms with Gasteiger partial charge in [-0.05, 0) is 68.4 Å². The molecule has 0 spiro atoms. The molecule has 1 aromatic heterocycles. The lowest BCUT2D eigenvalue weighted by molar-refractivity contribution is 0.102. The molecule has 3 aromatic carbocycles. The number of sulfone groups is 1. The van der Waals surface area contributed by atoms with Crippen LogP contribution in [-0.4, -0.2) is 24.6 Å². The van der Waals surface area contributed by atoms with Crippen LogP contribution in [0.4, 0.5) is 5.69 Å². The van der Waals surface area contributed by atoms with Gasteiger partial charge in [0.2, 0.25) is 5.89 Å². The monoisotopic (exact) mass is 420 g/mol. The maximum Gasteiger partial charge on any atom is 0.255 e. The van der Waals surface area contributed by atoms with E-state index in [0.29, 0.717) is 17.2 Å². The Morgan fingerprint density at radius 3 is 2.40 bits per heavy atom. The van der Waals surface area contributed by atoms with Crippen molar-refractivity contribution >= 4 is 32.5 Å². The van der Waals surface area contributed by atoms with E-state index >= 15 is 0 Å². The van der Waals surface area contributed by atoms with Crippen LogP contribution in [-0.2, 0) is 9.84 Å². The van der Waals surface area contributed by atoms with Gasteiger partial charge in [-0.1, -0.05) is 18.2 Å². The summed E-state index contributed by atoms with van der Waals surface area (Å²) in [6.45, 7) is 3.22. The minimum absolute atomic E-state index is 0.136. The average molecular weight is 420 g/mol. The summed E-state index contributed by atoms with van der Waals surface area (Å²) in [5.41, 5.74) is 3.13. The summed E-state index contributed by atoms with van der Waals surface area (Å²) < 4.78 is 30.5. The molecule has 0 aliphatic heterocycles. The number of rotatable bonds is 5. The third-order valence-corrected chi connectivity index (χ3v) is 6.88. The molecule has 0 fully saturated rings. The van der Waals surface area contributed by atoms with E-state index in [1.54, 1.807) is 50.2 Å². The standard InChI is InChI=1S/C23H20N2O4S/c1-15(2)30(27,28)19-7-5-6-17(14-19)22(26)24-18-12-10-16(11-13-18)23-25-20-8-3-4-9-21(20)29-23/h3-15H,1-2H3,(H,24,26). The van der Waals surface area contributed by atoms with Crippen molar-refractivity contribution in [2.45, 2.75) is 24.0 Å². The number of hydrogen-bond donors (Lipinski definition) is 1. The molecule has 0 radical (unpaired) electrons. The van der Waals surface area contributed by atoms with E-state index in [9.17, 15) is 13.2 Å². The van der Waals surface area contributed by atoms with Crippen LogP contribution in [0.2, 0.25) is 0 Å². The van der Waals surface area contributed by atoms with Crippen LogP contribution in [0.5, 0.6) is 0 Å². The van der Waals surface area contributed by atoms with E-state index in [0.717, 1.165) is 11.1 Å². The number of anilines is 1. The third kappa shape index (κ3) is 3.84. The number of benzene rings is 3. The summed E-state index contributed by atoms with van der Waals surface area (Å²) in [6.07, 6.45) is 0. The van der Waals surface area contributed by atoms with Gasteiger partial charge in [-0.25, -0.2) is 13.4 Å². The second-order valence-electron chi connectivity index (χ2n) is 7.14. The fourth-order valence-electron chi connectivity index (χ4n) is 2.98. The predicted octanol–water partition coefficient (Wildman–Crippen LogP) is 4.93. The Morgan fingerprint density at radius 1 is 0.967 bits per heavy atom. The summed E-state index contributed by atoms with van der Waals surface area (Å²) in [4.78, 5) is 17.2. The van der Waals surface area contributed by atoms with E-state index in [4.69, 9.17) is 4.42 Å². The highest BCUT2D eigenvalue weighted by molar-refractivity contribution is 7.92. The van der Waals surface area contributed by atoms with E-state index in [2.05, 4.69) is 10.3 Å². The lowest BCUT2D eigenvalue weighted by Crippen LogP contribution is -2.16. The van der Waals surface area contributed by atoms with Crippen molar-refractivity contribution in [3.8, 4) is 11.5 Å². The lowest BCUT2D eigenvalue weighted by atomic mass is 10.2. The van der Waals surface area contributed by atoms with Crippen molar-refractivity contribution in [2.75, 3.05) is 5.32 Å². The lowest BCUT2D eigenvalue weighted by Gasteiger charge is -2.10. The van der Waals surface area contributed by atoms with Gasteiger partial charge in [0.1, 0.15) is 5.52 Å². The second kappa shape index (κ2) is 7.76. The second-order valence-corrected chi connectivity index (χ2v) is 9.64. The molecule has 0 saturated carbocycles. The molecule has 0 unspecified atom stereocenters. The number of aromatic nitrogens is 1. The highest BCUT2D eigenvalue weighted by atomic mass is 32.2. The SMILES string of the molecule is CC(C)S(=O)(=O)c1cccc(C(=O)Nc2ccc(-c3nc4ccccc4o3)cc2)c1. The molecule has 7 heteroatoms. The molecule has 0 atom stereocenters. The highest BCUT2D eigenvalue weighted by Gasteiger charge is 2.20. The summed E-state index contributed by atoms with van der Waals surface area (Å²) in [5, 5.41) is 2.23. The predicted molar refractivity (Wildman–Crippen MR) is 116 cm³/mol. The average Bonchev–Trinajstić information content (AvgIpc) is 3.18. The van der Waals surface area contributed by atoms with Gasteiger partial charge in [0, 0.05) is 16.8 Å². The van der Waals surface area contributed by atoms with Crippen LogP contribution in [0.25, 0.3) is 22.6 Å². The Hall–Kier alpha value is -3.45. The number of carbonyl (C=O) groups is 1. The number of fused-ring (bicyclic) bond motifs is 1. The number of para-hydroxylation sites is 2. The first kappa shape index (κ1) is 19.8. The van der Waals surface area contributed by atoms with Crippen molar-refractivity contribution in [1.29, 1.82) is 0 Å². The van der Waals surface area contributed by atoms with E-state index in [1.807, 2.05) is 24.3 Å². The van der Waals surface area contributed by atoms with E-state index in [1.165, 1.54) is 12.1 Å². The summed E-state index contributed by atoms with van der Waals surface area (Å²) in [7, 11) is -3.45. The van der Waals surface area contributed by atoms with Gasteiger partial charge in [0.15, 0.2) is 15.4 Å². The maximum absolute atomic E-state index is 12.6. The normalized spacial score (nSPS) is 11.7. The fraction of sp³-hybridized carbons (Fsp3) is 0.130. The molecule has 0 saturated heterocycles. The van der Waals surface area contributed by atoms with E-state index < -0.39 is 15.1 Å². The molecule has 4 aromatic rings. The number of hydrogen-bond acceptors (Lipinski definition) is 5. The maximum atomic E-state index is 12.6. The fourth-order valence-corrected chi connectivity index (χ4v) is 4.09. The number of carbonyl (C=O) groups excluding carboxylic acids is 1. The zero-order valence-corrected chi connectivity index (χ0v) is 17.3. The van der Waals surface area contributed by atoms with E-state index in [-0.39, 0.29) is 16.4 Å². The number of oxazole rings is 1. The Morgan fingerprint density at radius 2 is 1.70 bits per heavy atom. The molecule has 30 heavy (non-hydrogen) atoms. The van der Waals surface area contributed by atoms with Gasteiger partial charge in [-0.3, -0.25) is 4.79 Å². The Bertz CT molecular complexity index is 1290. The largest absolute Gasteiger partial charge is 0.436 e. The van der Waals surface area contributed by atoms with Gasteiger partial charge in [-0.2, -0.15) is 0 Å². The molecule has 1 heterocycles. The van der Waals surface area contributed by atoms with Crippen molar-refractivity contribution < 1.29 is 17.6 Å². The van der Waals surface area contributed by atoms with Gasteiger partial charge in [0.25, 0.3) is 5.91 Å². The first-order valence-electron chi connectivity index (χ1n) is 9.46. The van der Waals surface area contributed by atoms with Gasteiger partial charge >= 0.3 is 0 Å². The Labute approximate surface area is 174 Å². The molecule has 0 aliphatic rings. The van der Waals surface area contributed by atoms with Crippen LogP contribution < -0.4 is 5.32 Å². The van der Waals surface area contributed by atoms with Gasteiger partial charge in [0.05, 0.1) is 10.1 Å². The van der Waals surface area contributed by atoms with Crippen LogP contribution >= 0.6 is 0 Å². The van der Waals surface area contributed by atoms with Crippen molar-refractivity contribution in [3.63, 3.8) is 0 Å². The molecule has 0 bridgehead atoms. The molecular weight excluding hydrogens is 400 g/mol. The molecule has 1 amide bonds. The van der Waals surface area contributed by atoms with Crippen LogP contribution in [0.15, 0.2) is 82.1 Å². The summed E-state index contributed by atoms with van der Waals surface area (Å²) >= 11 is 0. The first-order valence-corrected chi connectivity index (χ1v) is 11.0. The highest BCUT2D eigenvalue weighted by Crippen LogP contribution is 2.25. The summed E-state index contributed by atoms with van der Waals surface area (Å²) in [5.74, 6) is 0.117. The molecule has 1 N–H and O–H groups in total. The molecule has 6 nitrogen and oxygen atoms in total. The van der Waals surface area contributed by atoms with Gasteiger partial charge in [-0.15, -0.1) is 0 Å². The molecular formula is C23H20N2O4S. The zero-order valence-electron chi connectivity index (χ0n) is 16.5. The van der Waals surface area contributed by atoms with Gasteiger partial charge < -0.3 is 9.73 Å².